The van der Waals surface area contributed by atoms with E-state index >= 15 is 0 Å². The molecule has 0 bridgehead atoms. The van der Waals surface area contributed by atoms with Gasteiger partial charge in [0.25, 0.3) is 0 Å². The molecule has 0 radical (unpaired) electrons. The first-order valence-electron chi connectivity index (χ1n) is 5.29. The number of hydrogen-bond acceptors (Lipinski definition) is 5. The topological polar surface area (TPSA) is 105 Å². The van der Waals surface area contributed by atoms with Crippen molar-refractivity contribution in [3.05, 3.63) is 28.2 Å². The molecule has 7 heteroatoms. The number of nitrogens with one attached hydrogen (secondary N) is 1. The zero-order valence-corrected chi connectivity index (χ0v) is 10.8. The number of carbonyl (C=O) groups is 2. The van der Waals surface area contributed by atoms with Crippen LogP contribution >= 0.6 is 11.3 Å². The average molecular weight is 269 g/mol. The van der Waals surface area contributed by atoms with Crippen molar-refractivity contribution in [2.24, 2.45) is 5.73 Å². The van der Waals surface area contributed by atoms with E-state index in [2.05, 4.69) is 16.9 Å². The van der Waals surface area contributed by atoms with Gasteiger partial charge >= 0.3 is 5.97 Å². The molecule has 0 saturated carbocycles. The zero-order valence-electron chi connectivity index (χ0n) is 9.97. The predicted octanol–water partition coefficient (Wildman–Crippen LogP) is 0.669. The number of rotatable bonds is 6. The summed E-state index contributed by atoms with van der Waals surface area (Å²) >= 11 is 1.05. The Morgan fingerprint density at radius 2 is 2.33 bits per heavy atom. The summed E-state index contributed by atoms with van der Waals surface area (Å²) < 4.78 is 0. The van der Waals surface area contributed by atoms with Crippen LogP contribution in [-0.2, 0) is 11.3 Å². The quantitative estimate of drug-likeness (QED) is 0.658. The number of carbonyl (C=O) groups excluding carboxylic acids is 1. The molecule has 0 fully saturated rings. The highest BCUT2D eigenvalue weighted by molar-refractivity contribution is 7.13. The van der Waals surface area contributed by atoms with E-state index in [4.69, 9.17) is 10.8 Å². The maximum Gasteiger partial charge on any atom is 0.347 e. The highest BCUT2D eigenvalue weighted by Gasteiger charge is 2.15. The minimum absolute atomic E-state index is 0.183. The van der Waals surface area contributed by atoms with E-state index in [1.807, 2.05) is 0 Å². The lowest BCUT2D eigenvalue weighted by Crippen LogP contribution is -2.39. The number of nitrogens with two attached hydrogens (primary N) is 1. The number of aryl methyl sites for hydroxylation is 1. The molecule has 98 valence electrons. The van der Waals surface area contributed by atoms with Crippen molar-refractivity contribution in [1.82, 2.24) is 10.3 Å². The molecule has 0 aromatic carbocycles. The fraction of sp³-hybridized carbons (Fsp3) is 0.364. The molecule has 1 rings (SSSR count). The number of carboxylic acid groups (broad SMARTS) is 1. The van der Waals surface area contributed by atoms with Crippen molar-refractivity contribution < 1.29 is 14.7 Å². The van der Waals surface area contributed by atoms with Gasteiger partial charge in [-0.25, -0.2) is 9.78 Å². The summed E-state index contributed by atoms with van der Waals surface area (Å²) in [5.41, 5.74) is 6.03. The van der Waals surface area contributed by atoms with E-state index in [-0.39, 0.29) is 17.3 Å². The van der Waals surface area contributed by atoms with Crippen molar-refractivity contribution in [1.29, 1.82) is 0 Å². The molecule has 1 aromatic rings. The van der Waals surface area contributed by atoms with Crippen molar-refractivity contribution in [3.63, 3.8) is 0 Å². The number of carboxylic acids is 1. The summed E-state index contributed by atoms with van der Waals surface area (Å²) in [4.78, 5) is 26.6. The van der Waals surface area contributed by atoms with Gasteiger partial charge in [0.1, 0.15) is 9.88 Å². The summed E-state index contributed by atoms with van der Waals surface area (Å²) in [5.74, 6) is -1.31. The standard InChI is InChI=1S/C11H15N3O3S/c1-3-4-7(12)10(15)13-5-8-14-6(2)9(18-8)11(16)17/h3,7H,1,4-5,12H2,2H3,(H,13,15)(H,16,17). The number of aromatic carboxylic acids is 1. The third-order valence-electron chi connectivity index (χ3n) is 2.21. The summed E-state index contributed by atoms with van der Waals surface area (Å²) in [5, 5.41) is 12.0. The number of thiazole rings is 1. The van der Waals surface area contributed by atoms with Crippen molar-refractivity contribution in [3.8, 4) is 0 Å². The highest BCUT2D eigenvalue weighted by Crippen LogP contribution is 2.17. The molecule has 0 saturated heterocycles. The van der Waals surface area contributed by atoms with Crippen LogP contribution in [0.2, 0.25) is 0 Å². The van der Waals surface area contributed by atoms with Crippen LogP contribution in [0.15, 0.2) is 12.7 Å². The molecule has 0 aliphatic rings. The van der Waals surface area contributed by atoms with Crippen LogP contribution in [0.25, 0.3) is 0 Å². The van der Waals surface area contributed by atoms with Crippen LogP contribution in [0.4, 0.5) is 0 Å². The number of amides is 1. The van der Waals surface area contributed by atoms with Gasteiger partial charge in [-0.15, -0.1) is 17.9 Å². The molecule has 1 atom stereocenters. The highest BCUT2D eigenvalue weighted by atomic mass is 32.1. The fourth-order valence-electron chi connectivity index (χ4n) is 1.31. The summed E-state index contributed by atoms with van der Waals surface area (Å²) in [6.45, 7) is 5.30. The summed E-state index contributed by atoms with van der Waals surface area (Å²) in [6, 6.07) is -0.637. The molecule has 1 unspecified atom stereocenters. The monoisotopic (exact) mass is 269 g/mol. The van der Waals surface area contributed by atoms with Gasteiger partial charge in [-0.1, -0.05) is 6.08 Å². The minimum Gasteiger partial charge on any atom is -0.477 e. The molecule has 1 heterocycles. The van der Waals surface area contributed by atoms with E-state index in [1.54, 1.807) is 13.0 Å². The fourth-order valence-corrected chi connectivity index (χ4v) is 2.15. The molecule has 0 aliphatic heterocycles. The predicted molar refractivity (Wildman–Crippen MR) is 68.4 cm³/mol. The van der Waals surface area contributed by atoms with Gasteiger partial charge < -0.3 is 16.2 Å². The molecule has 0 spiro atoms. The second-order valence-electron chi connectivity index (χ2n) is 3.68. The maximum absolute atomic E-state index is 11.5. The molecular weight excluding hydrogens is 254 g/mol. The van der Waals surface area contributed by atoms with Crippen molar-refractivity contribution >= 4 is 23.2 Å². The van der Waals surface area contributed by atoms with Crippen LogP contribution in [0.5, 0.6) is 0 Å². The van der Waals surface area contributed by atoms with Crippen LogP contribution in [0.3, 0.4) is 0 Å². The van der Waals surface area contributed by atoms with Gasteiger partial charge in [0.05, 0.1) is 18.3 Å². The second kappa shape index (κ2) is 6.27. The Balaban J connectivity index is 2.59. The third-order valence-corrected chi connectivity index (χ3v) is 3.35. The first-order chi connectivity index (χ1) is 8.45. The van der Waals surface area contributed by atoms with Crippen molar-refractivity contribution in [2.75, 3.05) is 0 Å². The lowest BCUT2D eigenvalue weighted by molar-refractivity contribution is -0.122. The molecule has 1 aromatic heterocycles. The summed E-state index contributed by atoms with van der Waals surface area (Å²) in [6.07, 6.45) is 1.96. The Labute approximate surface area is 109 Å². The molecule has 18 heavy (non-hydrogen) atoms. The molecule has 4 N–H and O–H groups in total. The molecule has 0 aliphatic carbocycles. The van der Waals surface area contributed by atoms with Gasteiger partial charge in [0.2, 0.25) is 5.91 Å². The smallest absolute Gasteiger partial charge is 0.347 e. The van der Waals surface area contributed by atoms with Gasteiger partial charge in [0, 0.05) is 0 Å². The maximum atomic E-state index is 11.5. The van der Waals surface area contributed by atoms with Gasteiger partial charge in [-0.05, 0) is 13.3 Å². The normalized spacial score (nSPS) is 11.9. The largest absolute Gasteiger partial charge is 0.477 e. The molecule has 1 amide bonds. The number of aromatic nitrogens is 1. The first-order valence-corrected chi connectivity index (χ1v) is 6.11. The first kappa shape index (κ1) is 14.3. The third kappa shape index (κ3) is 3.64. The number of nitrogens with zero attached hydrogens (tertiary/aromatic N) is 1. The number of hydrogen-bond donors (Lipinski definition) is 3. The summed E-state index contributed by atoms with van der Waals surface area (Å²) in [7, 11) is 0. The Kier molecular flexibility index (Phi) is 4.99. The van der Waals surface area contributed by atoms with E-state index in [0.717, 1.165) is 11.3 Å². The Morgan fingerprint density at radius 3 is 2.83 bits per heavy atom. The SMILES string of the molecule is C=CCC(N)C(=O)NCc1nc(C)c(C(=O)O)s1. The minimum atomic E-state index is -1.01. The lowest BCUT2D eigenvalue weighted by Gasteiger charge is -2.08. The Morgan fingerprint density at radius 1 is 1.67 bits per heavy atom. The molecule has 6 nitrogen and oxygen atoms in total. The Hall–Kier alpha value is -1.73. The lowest BCUT2D eigenvalue weighted by atomic mass is 10.2. The van der Waals surface area contributed by atoms with Crippen LogP contribution in [-0.4, -0.2) is 28.0 Å². The van der Waals surface area contributed by atoms with Gasteiger partial charge in [0.15, 0.2) is 0 Å². The van der Waals surface area contributed by atoms with E-state index in [0.29, 0.717) is 17.1 Å². The molecular formula is C11H15N3O3S. The van der Waals surface area contributed by atoms with E-state index in [1.165, 1.54) is 0 Å². The van der Waals surface area contributed by atoms with Crippen LogP contribution < -0.4 is 11.1 Å². The van der Waals surface area contributed by atoms with Crippen LogP contribution in [0.1, 0.15) is 26.8 Å². The zero-order chi connectivity index (χ0) is 13.7. The van der Waals surface area contributed by atoms with Gasteiger partial charge in [-0.2, -0.15) is 0 Å². The van der Waals surface area contributed by atoms with E-state index in [9.17, 15) is 9.59 Å². The van der Waals surface area contributed by atoms with Gasteiger partial charge in [-0.3, -0.25) is 4.79 Å². The van der Waals surface area contributed by atoms with Crippen molar-refractivity contribution in [2.45, 2.75) is 25.9 Å². The second-order valence-corrected chi connectivity index (χ2v) is 4.76. The Bertz CT molecular complexity index is 470. The van der Waals surface area contributed by atoms with Crippen LogP contribution in [0, 0.1) is 6.92 Å². The van der Waals surface area contributed by atoms with E-state index < -0.39 is 12.0 Å². The average Bonchev–Trinajstić information content (AvgIpc) is 2.68.